The number of aromatic hydroxyl groups is 1. The van der Waals surface area contributed by atoms with E-state index in [1.54, 1.807) is 0 Å². The largest absolute Gasteiger partial charge is 0.497 e. The molecule has 0 heterocycles. The first kappa shape index (κ1) is 15.9. The van der Waals surface area contributed by atoms with Crippen LogP contribution in [0.5, 0.6) is 5.75 Å². The molecule has 7 nitrogen and oxygen atoms in total. The number of nitro benzene ring substituents is 2. The normalized spacial score (nSPS) is 12.1. The molecule has 0 saturated carbocycles. The zero-order valence-corrected chi connectivity index (χ0v) is 11.5. The van der Waals surface area contributed by atoms with Crippen molar-refractivity contribution in [1.29, 1.82) is 0 Å². The van der Waals surface area contributed by atoms with Crippen LogP contribution in [0.2, 0.25) is 0 Å². The number of unbranched alkanes of at least 4 members (excludes halogenated alkanes) is 1. The standard InChI is InChI=1S/C13H18N2O5/c1-3-5-6-9(4-2)10-7-11(14(17)18)13(16)12(8-10)15(19)20/h7-9,16H,3-6H2,1-2H3. The highest BCUT2D eigenvalue weighted by molar-refractivity contribution is 5.61. The second-order valence-corrected chi connectivity index (χ2v) is 4.67. The van der Waals surface area contributed by atoms with Crippen molar-refractivity contribution in [3.05, 3.63) is 37.9 Å². The molecule has 0 aliphatic carbocycles. The molecule has 1 atom stereocenters. The predicted molar refractivity (Wildman–Crippen MR) is 74.0 cm³/mol. The van der Waals surface area contributed by atoms with Crippen LogP contribution in [-0.2, 0) is 0 Å². The van der Waals surface area contributed by atoms with Crippen LogP contribution in [-0.4, -0.2) is 15.0 Å². The number of benzene rings is 1. The Bertz CT molecular complexity index is 480. The maximum absolute atomic E-state index is 10.9. The Balaban J connectivity index is 3.32. The number of rotatable bonds is 7. The van der Waals surface area contributed by atoms with Gasteiger partial charge in [0, 0.05) is 12.1 Å². The number of nitro groups is 2. The van der Waals surface area contributed by atoms with Crippen molar-refractivity contribution in [3.63, 3.8) is 0 Å². The quantitative estimate of drug-likeness (QED) is 0.603. The van der Waals surface area contributed by atoms with Gasteiger partial charge in [-0.2, -0.15) is 0 Å². The fourth-order valence-corrected chi connectivity index (χ4v) is 2.20. The van der Waals surface area contributed by atoms with Crippen molar-refractivity contribution in [2.24, 2.45) is 0 Å². The van der Waals surface area contributed by atoms with Gasteiger partial charge in [-0.15, -0.1) is 0 Å². The zero-order valence-electron chi connectivity index (χ0n) is 11.5. The summed E-state index contributed by atoms with van der Waals surface area (Å²) in [6.07, 6.45) is 3.48. The number of phenolic OH excluding ortho intramolecular Hbond substituents is 1. The van der Waals surface area contributed by atoms with Crippen molar-refractivity contribution in [2.45, 2.75) is 45.4 Å². The third kappa shape index (κ3) is 3.43. The summed E-state index contributed by atoms with van der Waals surface area (Å²) >= 11 is 0. The zero-order chi connectivity index (χ0) is 15.3. The molecule has 0 aromatic heterocycles. The Morgan fingerprint density at radius 3 is 2.00 bits per heavy atom. The van der Waals surface area contributed by atoms with Gasteiger partial charge in [-0.05, 0) is 24.3 Å². The van der Waals surface area contributed by atoms with E-state index in [-0.39, 0.29) is 5.92 Å². The van der Waals surface area contributed by atoms with Crippen molar-refractivity contribution in [2.75, 3.05) is 0 Å². The predicted octanol–water partition coefficient (Wildman–Crippen LogP) is 3.89. The van der Waals surface area contributed by atoms with Gasteiger partial charge in [0.1, 0.15) is 0 Å². The minimum Gasteiger partial charge on any atom is -0.497 e. The summed E-state index contributed by atoms with van der Waals surface area (Å²) in [6, 6.07) is 2.48. The molecule has 0 amide bonds. The van der Waals surface area contributed by atoms with E-state index >= 15 is 0 Å². The van der Waals surface area contributed by atoms with E-state index in [4.69, 9.17) is 0 Å². The van der Waals surface area contributed by atoms with Gasteiger partial charge in [0.2, 0.25) is 0 Å². The van der Waals surface area contributed by atoms with Gasteiger partial charge >= 0.3 is 11.4 Å². The van der Waals surface area contributed by atoms with Crippen LogP contribution >= 0.6 is 0 Å². The number of nitrogens with zero attached hydrogens (tertiary/aromatic N) is 2. The fourth-order valence-electron chi connectivity index (χ4n) is 2.20. The highest BCUT2D eigenvalue weighted by Crippen LogP contribution is 2.40. The molecule has 1 unspecified atom stereocenters. The lowest BCUT2D eigenvalue weighted by atomic mass is 9.90. The fraction of sp³-hybridized carbons (Fsp3) is 0.538. The smallest absolute Gasteiger partial charge is 0.318 e. The van der Waals surface area contributed by atoms with Gasteiger partial charge in [0.15, 0.2) is 0 Å². The van der Waals surface area contributed by atoms with E-state index in [2.05, 4.69) is 0 Å². The SMILES string of the molecule is CCCCC(CC)c1cc([N+](=O)[O-])c(O)c([N+](=O)[O-])c1. The first-order valence-electron chi connectivity index (χ1n) is 6.58. The van der Waals surface area contributed by atoms with Gasteiger partial charge in [-0.25, -0.2) is 0 Å². The molecule has 1 aromatic rings. The van der Waals surface area contributed by atoms with Gasteiger partial charge in [-0.3, -0.25) is 20.2 Å². The highest BCUT2D eigenvalue weighted by Gasteiger charge is 2.28. The molecule has 1 N–H and O–H groups in total. The molecule has 1 rings (SSSR count). The van der Waals surface area contributed by atoms with Crippen LogP contribution < -0.4 is 0 Å². The topological polar surface area (TPSA) is 107 Å². The first-order chi connectivity index (χ1) is 9.42. The number of phenols is 1. The van der Waals surface area contributed by atoms with E-state index in [1.165, 1.54) is 12.1 Å². The van der Waals surface area contributed by atoms with Crippen molar-refractivity contribution >= 4 is 11.4 Å². The second kappa shape index (κ2) is 6.83. The molecular formula is C13H18N2O5. The van der Waals surface area contributed by atoms with Crippen LogP contribution in [0.25, 0.3) is 0 Å². The molecule has 0 saturated heterocycles. The Labute approximate surface area is 116 Å². The monoisotopic (exact) mass is 282 g/mol. The highest BCUT2D eigenvalue weighted by atomic mass is 16.6. The maximum atomic E-state index is 10.9. The maximum Gasteiger partial charge on any atom is 0.318 e. The van der Waals surface area contributed by atoms with Crippen LogP contribution in [0.3, 0.4) is 0 Å². The summed E-state index contributed by atoms with van der Waals surface area (Å²) in [5.74, 6) is -0.859. The van der Waals surface area contributed by atoms with E-state index < -0.39 is 27.0 Å². The molecule has 0 radical (unpaired) electrons. The Kier molecular flexibility index (Phi) is 5.42. The summed E-state index contributed by atoms with van der Waals surface area (Å²) in [6.45, 7) is 3.97. The lowest BCUT2D eigenvalue weighted by Gasteiger charge is -2.15. The molecule has 110 valence electrons. The molecule has 0 spiro atoms. The van der Waals surface area contributed by atoms with Gasteiger partial charge < -0.3 is 5.11 Å². The molecule has 0 aliphatic heterocycles. The molecule has 0 fully saturated rings. The first-order valence-corrected chi connectivity index (χ1v) is 6.58. The molecule has 7 heteroatoms. The average molecular weight is 282 g/mol. The summed E-state index contributed by atoms with van der Waals surface area (Å²) in [7, 11) is 0. The number of hydrogen-bond donors (Lipinski definition) is 1. The summed E-state index contributed by atoms with van der Waals surface area (Å²) in [4.78, 5) is 20.2. The Morgan fingerprint density at radius 1 is 1.15 bits per heavy atom. The summed E-state index contributed by atoms with van der Waals surface area (Å²) in [5.41, 5.74) is -0.676. The van der Waals surface area contributed by atoms with Crippen molar-refractivity contribution in [3.8, 4) is 5.75 Å². The van der Waals surface area contributed by atoms with E-state index in [0.29, 0.717) is 5.56 Å². The van der Waals surface area contributed by atoms with E-state index in [0.717, 1.165) is 25.7 Å². The van der Waals surface area contributed by atoms with Crippen LogP contribution in [0, 0.1) is 20.2 Å². The van der Waals surface area contributed by atoms with E-state index in [1.807, 2.05) is 13.8 Å². The molecule has 0 bridgehead atoms. The number of hydrogen-bond acceptors (Lipinski definition) is 5. The van der Waals surface area contributed by atoms with Crippen LogP contribution in [0.15, 0.2) is 12.1 Å². The van der Waals surface area contributed by atoms with E-state index in [9.17, 15) is 25.3 Å². The molecular weight excluding hydrogens is 264 g/mol. The van der Waals surface area contributed by atoms with Crippen molar-refractivity contribution < 1.29 is 15.0 Å². The van der Waals surface area contributed by atoms with Gasteiger partial charge in [-0.1, -0.05) is 26.7 Å². The molecule has 20 heavy (non-hydrogen) atoms. The minimum atomic E-state index is -0.880. The van der Waals surface area contributed by atoms with Crippen molar-refractivity contribution in [1.82, 2.24) is 0 Å². The van der Waals surface area contributed by atoms with Crippen LogP contribution in [0.4, 0.5) is 11.4 Å². The Hall–Kier alpha value is -2.18. The summed E-state index contributed by atoms with van der Waals surface area (Å²) in [5, 5.41) is 31.4. The second-order valence-electron chi connectivity index (χ2n) is 4.67. The van der Waals surface area contributed by atoms with Gasteiger partial charge in [0.25, 0.3) is 5.75 Å². The third-order valence-corrected chi connectivity index (χ3v) is 3.36. The third-order valence-electron chi connectivity index (χ3n) is 3.36. The Morgan fingerprint density at radius 2 is 1.65 bits per heavy atom. The minimum absolute atomic E-state index is 0.0212. The van der Waals surface area contributed by atoms with Gasteiger partial charge in [0.05, 0.1) is 9.85 Å². The lowest BCUT2D eigenvalue weighted by Crippen LogP contribution is -2.02. The lowest BCUT2D eigenvalue weighted by molar-refractivity contribution is -0.396. The average Bonchev–Trinajstić information content (AvgIpc) is 2.40. The summed E-state index contributed by atoms with van der Waals surface area (Å²) < 4.78 is 0. The van der Waals surface area contributed by atoms with Crippen LogP contribution in [0.1, 0.15) is 51.0 Å². The molecule has 1 aromatic carbocycles. The molecule has 0 aliphatic rings.